The van der Waals surface area contributed by atoms with Crippen molar-refractivity contribution in [3.05, 3.63) is 22.4 Å². The third kappa shape index (κ3) is 6.25. The summed E-state index contributed by atoms with van der Waals surface area (Å²) in [6.45, 7) is 14.3. The van der Waals surface area contributed by atoms with Gasteiger partial charge in [0.25, 0.3) is 0 Å². The highest BCUT2D eigenvalue weighted by Crippen LogP contribution is 2.27. The molecular weight excluding hydrogens is 342 g/mol. The summed E-state index contributed by atoms with van der Waals surface area (Å²) in [5.74, 6) is 0.901. The van der Waals surface area contributed by atoms with Crippen LogP contribution in [-0.4, -0.2) is 67.6 Å². The van der Waals surface area contributed by atoms with E-state index in [1.165, 1.54) is 30.8 Å². The molecule has 0 radical (unpaired) electrons. The van der Waals surface area contributed by atoms with Crippen LogP contribution in [0.25, 0.3) is 0 Å². The van der Waals surface area contributed by atoms with Crippen LogP contribution in [0.5, 0.6) is 0 Å². The molecule has 148 valence electrons. The van der Waals surface area contributed by atoms with Gasteiger partial charge in [0.15, 0.2) is 5.96 Å². The largest absolute Gasteiger partial charge is 0.355 e. The molecule has 1 aromatic rings. The predicted octanol–water partition coefficient (Wildman–Crippen LogP) is 3.17. The molecule has 0 bridgehead atoms. The molecule has 2 heterocycles. The number of hydrogen-bond acceptors (Lipinski definition) is 4. The van der Waals surface area contributed by atoms with E-state index in [4.69, 9.17) is 0 Å². The van der Waals surface area contributed by atoms with Crippen molar-refractivity contribution in [2.75, 3.05) is 39.8 Å². The predicted molar refractivity (Wildman–Crippen MR) is 114 cm³/mol. The quantitative estimate of drug-likeness (QED) is 0.511. The van der Waals surface area contributed by atoms with E-state index in [1.54, 1.807) is 0 Å². The van der Waals surface area contributed by atoms with E-state index in [1.807, 2.05) is 18.4 Å². The lowest BCUT2D eigenvalue weighted by atomic mass is 10.2. The fourth-order valence-electron chi connectivity index (χ4n) is 3.77. The highest BCUT2D eigenvalue weighted by molar-refractivity contribution is 7.10. The van der Waals surface area contributed by atoms with E-state index in [-0.39, 0.29) is 0 Å². The molecule has 1 aliphatic rings. The molecule has 2 rings (SSSR count). The fraction of sp³-hybridized carbons (Fsp3) is 0.750. The number of likely N-dealkylation sites (tertiary alicyclic amines) is 1. The monoisotopic (exact) mass is 379 g/mol. The van der Waals surface area contributed by atoms with Gasteiger partial charge in [0.1, 0.15) is 0 Å². The molecule has 2 N–H and O–H groups in total. The number of aliphatic imine (C=N–C) groups is 1. The van der Waals surface area contributed by atoms with Crippen molar-refractivity contribution in [2.24, 2.45) is 4.99 Å². The smallest absolute Gasteiger partial charge is 0.191 e. The van der Waals surface area contributed by atoms with Crippen LogP contribution in [0.1, 0.15) is 51.5 Å². The minimum atomic E-state index is 0.443. The van der Waals surface area contributed by atoms with Crippen LogP contribution < -0.4 is 10.6 Å². The van der Waals surface area contributed by atoms with Crippen molar-refractivity contribution in [1.82, 2.24) is 20.4 Å². The van der Waals surface area contributed by atoms with Crippen LogP contribution in [0.2, 0.25) is 0 Å². The van der Waals surface area contributed by atoms with Crippen LogP contribution in [0.3, 0.4) is 0 Å². The highest BCUT2D eigenvalue weighted by atomic mass is 32.1. The van der Waals surface area contributed by atoms with Gasteiger partial charge >= 0.3 is 0 Å². The van der Waals surface area contributed by atoms with Crippen molar-refractivity contribution in [1.29, 1.82) is 0 Å². The number of rotatable bonds is 9. The molecule has 5 nitrogen and oxygen atoms in total. The van der Waals surface area contributed by atoms with Gasteiger partial charge in [0.05, 0.1) is 6.04 Å². The average molecular weight is 380 g/mol. The molecule has 0 amide bonds. The summed E-state index contributed by atoms with van der Waals surface area (Å²) in [6.07, 6.45) is 2.63. The Hall–Kier alpha value is -1.11. The molecule has 1 unspecified atom stereocenters. The zero-order valence-corrected chi connectivity index (χ0v) is 18.0. The van der Waals surface area contributed by atoms with E-state index < -0.39 is 0 Å². The Morgan fingerprint density at radius 2 is 1.88 bits per heavy atom. The topological polar surface area (TPSA) is 42.9 Å². The number of nitrogens with zero attached hydrogens (tertiary/aromatic N) is 3. The van der Waals surface area contributed by atoms with Gasteiger partial charge in [-0.15, -0.1) is 11.3 Å². The van der Waals surface area contributed by atoms with Gasteiger partial charge in [0.2, 0.25) is 0 Å². The standard InChI is InChI=1S/C20H37N5S/c1-16(2)25(17(3)4)13-10-22-20(21-5)23-15-18(19-9-8-14-26-19)24-11-6-7-12-24/h8-9,14,16-18H,6-7,10-13,15H2,1-5H3,(H2,21,22,23). The van der Waals surface area contributed by atoms with Gasteiger partial charge in [-0.2, -0.15) is 0 Å². The molecular formula is C20H37N5S. The third-order valence-electron chi connectivity index (χ3n) is 5.13. The van der Waals surface area contributed by atoms with E-state index >= 15 is 0 Å². The van der Waals surface area contributed by atoms with Crippen molar-refractivity contribution in [2.45, 2.75) is 58.7 Å². The number of nitrogens with one attached hydrogen (secondary N) is 2. The van der Waals surface area contributed by atoms with Crippen molar-refractivity contribution < 1.29 is 0 Å². The minimum Gasteiger partial charge on any atom is -0.355 e. The van der Waals surface area contributed by atoms with Crippen LogP contribution >= 0.6 is 11.3 Å². The Bertz CT molecular complexity index is 512. The molecule has 1 aliphatic heterocycles. The average Bonchev–Trinajstić information content (AvgIpc) is 3.30. The van der Waals surface area contributed by atoms with E-state index in [9.17, 15) is 0 Å². The summed E-state index contributed by atoms with van der Waals surface area (Å²) >= 11 is 1.86. The molecule has 1 atom stereocenters. The molecule has 0 aromatic carbocycles. The zero-order chi connectivity index (χ0) is 18.9. The van der Waals surface area contributed by atoms with Gasteiger partial charge in [-0.1, -0.05) is 6.07 Å². The Kier molecular flexibility index (Phi) is 8.88. The van der Waals surface area contributed by atoms with Gasteiger partial charge in [-0.25, -0.2) is 0 Å². The normalized spacial score (nSPS) is 17.5. The molecule has 1 aromatic heterocycles. The second kappa shape index (κ2) is 10.9. The SMILES string of the molecule is CN=C(NCCN(C(C)C)C(C)C)NCC(c1cccs1)N1CCCC1. The van der Waals surface area contributed by atoms with Gasteiger partial charge in [0, 0.05) is 43.6 Å². The summed E-state index contributed by atoms with van der Waals surface area (Å²) in [5, 5.41) is 9.21. The fourth-order valence-corrected chi connectivity index (χ4v) is 4.63. The van der Waals surface area contributed by atoms with Crippen LogP contribution in [0.15, 0.2) is 22.5 Å². The molecule has 0 aliphatic carbocycles. The van der Waals surface area contributed by atoms with Crippen molar-refractivity contribution in [3.63, 3.8) is 0 Å². The maximum atomic E-state index is 4.42. The summed E-state index contributed by atoms with van der Waals surface area (Å²) in [7, 11) is 1.86. The van der Waals surface area contributed by atoms with Crippen LogP contribution in [-0.2, 0) is 0 Å². The number of hydrogen-bond donors (Lipinski definition) is 2. The summed E-state index contributed by atoms with van der Waals surface area (Å²) in [6, 6.07) is 5.98. The van der Waals surface area contributed by atoms with Crippen molar-refractivity contribution >= 4 is 17.3 Å². The second-order valence-electron chi connectivity index (χ2n) is 7.58. The summed E-state index contributed by atoms with van der Waals surface area (Å²) in [4.78, 5) is 11.0. The maximum Gasteiger partial charge on any atom is 0.191 e. The maximum absolute atomic E-state index is 4.42. The minimum absolute atomic E-state index is 0.443. The second-order valence-corrected chi connectivity index (χ2v) is 8.56. The molecule has 0 spiro atoms. The summed E-state index contributed by atoms with van der Waals surface area (Å²) < 4.78 is 0. The van der Waals surface area contributed by atoms with Gasteiger partial charge in [-0.3, -0.25) is 14.8 Å². The lowest BCUT2D eigenvalue weighted by molar-refractivity contribution is 0.178. The molecule has 6 heteroatoms. The molecule has 1 fully saturated rings. The lowest BCUT2D eigenvalue weighted by Gasteiger charge is -2.31. The van der Waals surface area contributed by atoms with Crippen LogP contribution in [0, 0.1) is 0 Å². The molecule has 26 heavy (non-hydrogen) atoms. The molecule has 1 saturated heterocycles. The Balaban J connectivity index is 1.84. The third-order valence-corrected chi connectivity index (χ3v) is 6.10. The first-order valence-corrected chi connectivity index (χ1v) is 10.9. The van der Waals surface area contributed by atoms with Gasteiger partial charge < -0.3 is 10.6 Å². The Morgan fingerprint density at radius 3 is 2.42 bits per heavy atom. The van der Waals surface area contributed by atoms with Gasteiger partial charge in [-0.05, 0) is 65.1 Å². The lowest BCUT2D eigenvalue weighted by Crippen LogP contribution is -2.46. The number of thiophene rings is 1. The zero-order valence-electron chi connectivity index (χ0n) is 17.2. The highest BCUT2D eigenvalue weighted by Gasteiger charge is 2.24. The van der Waals surface area contributed by atoms with Crippen LogP contribution in [0.4, 0.5) is 0 Å². The van der Waals surface area contributed by atoms with E-state index in [0.717, 1.165) is 25.6 Å². The number of guanidine groups is 1. The first-order chi connectivity index (χ1) is 12.5. The van der Waals surface area contributed by atoms with E-state index in [0.29, 0.717) is 18.1 Å². The van der Waals surface area contributed by atoms with E-state index in [2.05, 4.69) is 70.6 Å². The first-order valence-electron chi connectivity index (χ1n) is 10.0. The molecule has 0 saturated carbocycles. The first kappa shape index (κ1) is 21.2. The Morgan fingerprint density at radius 1 is 1.19 bits per heavy atom. The summed E-state index contributed by atoms with van der Waals surface area (Å²) in [5.41, 5.74) is 0. The van der Waals surface area contributed by atoms with Crippen molar-refractivity contribution in [3.8, 4) is 0 Å². The Labute approximate surface area is 163 Å².